The molecule has 0 aromatic carbocycles. The van der Waals surface area contributed by atoms with Crippen molar-refractivity contribution < 1.29 is 4.79 Å². The topological polar surface area (TPSA) is 54.0 Å². The van der Waals surface area contributed by atoms with Crippen LogP contribution < -0.4 is 10.6 Å². The van der Waals surface area contributed by atoms with Crippen molar-refractivity contribution >= 4 is 33.2 Å². The molecule has 2 heterocycles. The van der Waals surface area contributed by atoms with Gasteiger partial charge < -0.3 is 10.6 Å². The fourth-order valence-corrected chi connectivity index (χ4v) is 3.07. The zero-order valence-electron chi connectivity index (χ0n) is 10.9. The minimum atomic E-state index is 0.0497. The van der Waals surface area contributed by atoms with Gasteiger partial charge in [0.25, 0.3) is 0 Å². The van der Waals surface area contributed by atoms with Gasteiger partial charge in [-0.1, -0.05) is 6.07 Å². The van der Waals surface area contributed by atoms with E-state index in [2.05, 4.69) is 43.0 Å². The maximum atomic E-state index is 11.7. The van der Waals surface area contributed by atoms with E-state index >= 15 is 0 Å². The summed E-state index contributed by atoms with van der Waals surface area (Å²) in [5.74, 6) is 0.0497. The predicted octanol–water partition coefficient (Wildman–Crippen LogP) is 2.70. The van der Waals surface area contributed by atoms with Gasteiger partial charge in [-0.25, -0.2) is 0 Å². The summed E-state index contributed by atoms with van der Waals surface area (Å²) in [5, 5.41) is 8.19. The van der Waals surface area contributed by atoms with Crippen molar-refractivity contribution in [1.29, 1.82) is 0 Å². The molecule has 4 nitrogen and oxygen atoms in total. The third-order valence-corrected chi connectivity index (χ3v) is 4.36. The van der Waals surface area contributed by atoms with Crippen LogP contribution in [0.15, 0.2) is 40.4 Å². The van der Waals surface area contributed by atoms with E-state index in [-0.39, 0.29) is 5.91 Å². The summed E-state index contributed by atoms with van der Waals surface area (Å²) in [6.07, 6.45) is 3.96. The van der Waals surface area contributed by atoms with Crippen LogP contribution in [0.5, 0.6) is 0 Å². The second kappa shape index (κ2) is 8.14. The standard InChI is InChI=1S/C14H16BrN3OS/c15-12-6-13(20-10-12)9-17-5-3-14(19)18-8-11-2-1-4-16-7-11/h1-2,4,6-7,10,17H,3,5,8-9H2,(H,18,19). The molecule has 0 aliphatic rings. The number of rotatable bonds is 7. The minimum Gasteiger partial charge on any atom is -0.352 e. The molecular weight excluding hydrogens is 338 g/mol. The van der Waals surface area contributed by atoms with E-state index in [0.717, 1.165) is 16.6 Å². The normalized spacial score (nSPS) is 10.4. The van der Waals surface area contributed by atoms with Crippen LogP contribution >= 0.6 is 27.3 Å². The Labute approximate surface area is 130 Å². The molecule has 106 valence electrons. The fraction of sp³-hybridized carbons (Fsp3) is 0.286. The summed E-state index contributed by atoms with van der Waals surface area (Å²) < 4.78 is 1.11. The first-order valence-electron chi connectivity index (χ1n) is 6.33. The van der Waals surface area contributed by atoms with Crippen LogP contribution in [0.25, 0.3) is 0 Å². The number of carbonyl (C=O) groups excluding carboxylic acids is 1. The summed E-state index contributed by atoms with van der Waals surface area (Å²) in [6.45, 7) is 2.01. The first-order chi connectivity index (χ1) is 9.74. The first kappa shape index (κ1) is 15.2. The highest BCUT2D eigenvalue weighted by atomic mass is 79.9. The summed E-state index contributed by atoms with van der Waals surface area (Å²) in [6, 6.07) is 5.89. The molecule has 20 heavy (non-hydrogen) atoms. The molecule has 0 radical (unpaired) electrons. The Morgan fingerprint density at radius 3 is 3.00 bits per heavy atom. The SMILES string of the molecule is O=C(CCNCc1cc(Br)cs1)NCc1cccnc1. The van der Waals surface area contributed by atoms with E-state index in [1.165, 1.54) is 4.88 Å². The lowest BCUT2D eigenvalue weighted by atomic mass is 10.3. The van der Waals surface area contributed by atoms with Gasteiger partial charge in [-0.2, -0.15) is 0 Å². The zero-order chi connectivity index (χ0) is 14.2. The lowest BCUT2D eigenvalue weighted by molar-refractivity contribution is -0.121. The van der Waals surface area contributed by atoms with Crippen molar-refractivity contribution in [3.8, 4) is 0 Å². The Hall–Kier alpha value is -1.24. The number of pyridine rings is 1. The summed E-state index contributed by atoms with van der Waals surface area (Å²) >= 11 is 5.12. The third kappa shape index (κ3) is 5.40. The van der Waals surface area contributed by atoms with Gasteiger partial charge in [0.2, 0.25) is 5.91 Å². The minimum absolute atomic E-state index is 0.0497. The van der Waals surface area contributed by atoms with Gasteiger partial charge in [0.15, 0.2) is 0 Å². The van der Waals surface area contributed by atoms with E-state index in [0.29, 0.717) is 19.5 Å². The van der Waals surface area contributed by atoms with Gasteiger partial charge in [0.1, 0.15) is 0 Å². The molecule has 2 rings (SSSR count). The van der Waals surface area contributed by atoms with Gasteiger partial charge in [-0.15, -0.1) is 11.3 Å². The van der Waals surface area contributed by atoms with Gasteiger partial charge in [0, 0.05) is 53.2 Å². The fourth-order valence-electron chi connectivity index (χ4n) is 1.65. The van der Waals surface area contributed by atoms with Gasteiger partial charge in [-0.05, 0) is 33.6 Å². The highest BCUT2D eigenvalue weighted by Crippen LogP contribution is 2.19. The highest BCUT2D eigenvalue weighted by Gasteiger charge is 2.02. The van der Waals surface area contributed by atoms with Crippen molar-refractivity contribution in [3.05, 3.63) is 50.9 Å². The van der Waals surface area contributed by atoms with Crippen molar-refractivity contribution in [2.75, 3.05) is 6.54 Å². The maximum absolute atomic E-state index is 11.7. The lowest BCUT2D eigenvalue weighted by Gasteiger charge is -2.05. The molecule has 2 aromatic rings. The molecule has 2 aromatic heterocycles. The largest absolute Gasteiger partial charge is 0.352 e. The number of aromatic nitrogens is 1. The van der Waals surface area contributed by atoms with E-state index in [4.69, 9.17) is 0 Å². The number of amides is 1. The zero-order valence-corrected chi connectivity index (χ0v) is 13.3. The molecule has 0 spiro atoms. The van der Waals surface area contributed by atoms with Crippen LogP contribution in [-0.2, 0) is 17.9 Å². The summed E-state index contributed by atoms with van der Waals surface area (Å²) in [4.78, 5) is 16.9. The Balaban J connectivity index is 1.58. The van der Waals surface area contributed by atoms with Crippen LogP contribution in [0, 0.1) is 0 Å². The molecule has 0 aliphatic carbocycles. The number of halogens is 1. The number of nitrogens with one attached hydrogen (secondary N) is 2. The Kier molecular flexibility index (Phi) is 6.17. The first-order valence-corrected chi connectivity index (χ1v) is 8.00. The molecule has 0 fully saturated rings. The summed E-state index contributed by atoms with van der Waals surface area (Å²) in [7, 11) is 0. The Morgan fingerprint density at radius 2 is 2.30 bits per heavy atom. The van der Waals surface area contributed by atoms with Gasteiger partial charge in [-0.3, -0.25) is 9.78 Å². The van der Waals surface area contributed by atoms with E-state index in [1.807, 2.05) is 12.1 Å². The van der Waals surface area contributed by atoms with Crippen LogP contribution in [0.3, 0.4) is 0 Å². The molecular formula is C14H16BrN3OS. The van der Waals surface area contributed by atoms with Crippen LogP contribution in [0.2, 0.25) is 0 Å². The molecule has 0 saturated heterocycles. The molecule has 0 bridgehead atoms. The molecule has 1 amide bonds. The second-order valence-corrected chi connectivity index (χ2v) is 6.21. The predicted molar refractivity (Wildman–Crippen MR) is 84.4 cm³/mol. The number of carbonyl (C=O) groups is 1. The number of thiophene rings is 1. The molecule has 0 unspecified atom stereocenters. The monoisotopic (exact) mass is 353 g/mol. The van der Waals surface area contributed by atoms with Crippen molar-refractivity contribution in [2.24, 2.45) is 0 Å². The maximum Gasteiger partial charge on any atom is 0.221 e. The number of hydrogen-bond acceptors (Lipinski definition) is 4. The van der Waals surface area contributed by atoms with Gasteiger partial charge in [0.05, 0.1) is 0 Å². The van der Waals surface area contributed by atoms with Crippen molar-refractivity contribution in [2.45, 2.75) is 19.5 Å². The van der Waals surface area contributed by atoms with Crippen LogP contribution in [0.1, 0.15) is 16.9 Å². The molecule has 2 N–H and O–H groups in total. The van der Waals surface area contributed by atoms with Crippen molar-refractivity contribution in [1.82, 2.24) is 15.6 Å². The number of hydrogen-bond donors (Lipinski definition) is 2. The quantitative estimate of drug-likeness (QED) is 0.752. The van der Waals surface area contributed by atoms with E-state index in [9.17, 15) is 4.79 Å². The van der Waals surface area contributed by atoms with E-state index < -0.39 is 0 Å². The smallest absolute Gasteiger partial charge is 0.221 e. The molecule has 0 atom stereocenters. The number of nitrogens with zero attached hydrogens (tertiary/aromatic N) is 1. The second-order valence-electron chi connectivity index (χ2n) is 4.30. The van der Waals surface area contributed by atoms with Crippen LogP contribution in [-0.4, -0.2) is 17.4 Å². The molecule has 6 heteroatoms. The molecule has 0 saturated carbocycles. The van der Waals surface area contributed by atoms with Crippen LogP contribution in [0.4, 0.5) is 0 Å². The average molecular weight is 354 g/mol. The van der Waals surface area contributed by atoms with Gasteiger partial charge >= 0.3 is 0 Å². The molecule has 0 aliphatic heterocycles. The highest BCUT2D eigenvalue weighted by molar-refractivity contribution is 9.10. The van der Waals surface area contributed by atoms with E-state index in [1.54, 1.807) is 23.7 Å². The Bertz CT molecular complexity index is 544. The average Bonchev–Trinajstić information content (AvgIpc) is 2.88. The Morgan fingerprint density at radius 1 is 1.40 bits per heavy atom. The van der Waals surface area contributed by atoms with Crippen molar-refractivity contribution in [3.63, 3.8) is 0 Å². The lowest BCUT2D eigenvalue weighted by Crippen LogP contribution is -2.27. The summed E-state index contributed by atoms with van der Waals surface area (Å²) in [5.41, 5.74) is 1.01. The third-order valence-electron chi connectivity index (χ3n) is 2.66.